The standard InChI is InChI=1S/C21H20FN3O4/c1-3-24(4-2)16-8-5-13(18(26)12-16)11-17-19(27)23-21(29)25(20(17)28)15-9-6-14(22)7-10-15/h5-12,26H,3-4H2,1-2H3,(H,23,27,29)/b17-11+. The van der Waals surface area contributed by atoms with Crippen molar-refractivity contribution in [3.8, 4) is 5.75 Å². The smallest absolute Gasteiger partial charge is 0.335 e. The molecule has 0 spiro atoms. The molecule has 1 fully saturated rings. The summed E-state index contributed by atoms with van der Waals surface area (Å²) in [5.74, 6) is -2.36. The van der Waals surface area contributed by atoms with Crippen molar-refractivity contribution in [1.82, 2.24) is 5.32 Å². The lowest BCUT2D eigenvalue weighted by atomic mass is 10.1. The zero-order valence-electron chi connectivity index (χ0n) is 16.0. The van der Waals surface area contributed by atoms with Gasteiger partial charge in [-0.25, -0.2) is 14.1 Å². The normalized spacial score (nSPS) is 15.6. The largest absolute Gasteiger partial charge is 0.507 e. The van der Waals surface area contributed by atoms with Crippen LogP contribution in [0, 0.1) is 5.82 Å². The number of rotatable bonds is 5. The summed E-state index contributed by atoms with van der Waals surface area (Å²) in [4.78, 5) is 40.0. The Morgan fingerprint density at radius 2 is 1.72 bits per heavy atom. The Morgan fingerprint density at radius 1 is 1.07 bits per heavy atom. The summed E-state index contributed by atoms with van der Waals surface area (Å²) < 4.78 is 13.2. The van der Waals surface area contributed by atoms with Gasteiger partial charge < -0.3 is 10.0 Å². The molecule has 29 heavy (non-hydrogen) atoms. The average Bonchev–Trinajstić information content (AvgIpc) is 2.69. The maximum atomic E-state index is 13.2. The first kappa shape index (κ1) is 20.1. The second-order valence-electron chi connectivity index (χ2n) is 6.35. The number of benzene rings is 2. The third kappa shape index (κ3) is 3.96. The highest BCUT2D eigenvalue weighted by molar-refractivity contribution is 6.39. The lowest BCUT2D eigenvalue weighted by Crippen LogP contribution is -2.54. The van der Waals surface area contributed by atoms with E-state index in [1.54, 1.807) is 18.2 Å². The van der Waals surface area contributed by atoms with Crippen LogP contribution in [-0.4, -0.2) is 36.0 Å². The molecule has 0 radical (unpaired) electrons. The minimum Gasteiger partial charge on any atom is -0.507 e. The molecule has 8 heteroatoms. The number of carbonyl (C=O) groups is 3. The topological polar surface area (TPSA) is 90.0 Å². The molecule has 0 saturated carbocycles. The first-order valence-corrected chi connectivity index (χ1v) is 9.10. The second kappa shape index (κ2) is 8.14. The lowest BCUT2D eigenvalue weighted by molar-refractivity contribution is -0.122. The summed E-state index contributed by atoms with van der Waals surface area (Å²) in [6.07, 6.45) is 1.22. The maximum absolute atomic E-state index is 13.2. The minimum absolute atomic E-state index is 0.104. The number of imide groups is 2. The molecule has 0 atom stereocenters. The molecular weight excluding hydrogens is 377 g/mol. The van der Waals surface area contributed by atoms with Crippen molar-refractivity contribution in [3.05, 3.63) is 59.4 Å². The number of hydrogen-bond donors (Lipinski definition) is 2. The van der Waals surface area contributed by atoms with Crippen LogP contribution in [0.1, 0.15) is 19.4 Å². The molecule has 2 aromatic carbocycles. The van der Waals surface area contributed by atoms with Gasteiger partial charge in [0.05, 0.1) is 5.69 Å². The number of hydrogen-bond acceptors (Lipinski definition) is 5. The molecule has 1 aliphatic heterocycles. The number of aromatic hydroxyl groups is 1. The Balaban J connectivity index is 1.97. The van der Waals surface area contributed by atoms with E-state index in [0.717, 1.165) is 35.8 Å². The minimum atomic E-state index is -0.926. The highest BCUT2D eigenvalue weighted by Gasteiger charge is 2.36. The van der Waals surface area contributed by atoms with E-state index in [1.807, 2.05) is 18.7 Å². The van der Waals surface area contributed by atoms with Gasteiger partial charge in [-0.15, -0.1) is 0 Å². The number of urea groups is 1. The Kier molecular flexibility index (Phi) is 5.63. The Labute approximate surface area is 167 Å². The molecule has 4 amide bonds. The summed E-state index contributed by atoms with van der Waals surface area (Å²) in [5.41, 5.74) is 0.859. The molecule has 150 valence electrons. The van der Waals surface area contributed by atoms with Crippen LogP contribution in [-0.2, 0) is 9.59 Å². The van der Waals surface area contributed by atoms with Crippen LogP contribution in [0.5, 0.6) is 5.75 Å². The van der Waals surface area contributed by atoms with E-state index in [1.165, 1.54) is 18.2 Å². The Bertz CT molecular complexity index is 997. The van der Waals surface area contributed by atoms with Crippen molar-refractivity contribution in [2.24, 2.45) is 0 Å². The van der Waals surface area contributed by atoms with Crippen molar-refractivity contribution >= 4 is 35.3 Å². The number of barbiturate groups is 1. The molecule has 2 aromatic rings. The molecule has 0 unspecified atom stereocenters. The number of amides is 4. The number of carbonyl (C=O) groups excluding carboxylic acids is 3. The van der Waals surface area contributed by atoms with Gasteiger partial charge >= 0.3 is 6.03 Å². The fourth-order valence-corrected chi connectivity index (χ4v) is 3.08. The van der Waals surface area contributed by atoms with E-state index in [2.05, 4.69) is 5.32 Å². The zero-order chi connectivity index (χ0) is 21.1. The molecule has 1 aliphatic rings. The van der Waals surface area contributed by atoms with Crippen LogP contribution in [0.3, 0.4) is 0 Å². The number of halogens is 1. The first-order chi connectivity index (χ1) is 13.8. The summed E-state index contributed by atoms with van der Waals surface area (Å²) in [6, 6.07) is 8.72. The van der Waals surface area contributed by atoms with Gasteiger partial charge in [0.2, 0.25) is 0 Å². The van der Waals surface area contributed by atoms with Gasteiger partial charge in [0.1, 0.15) is 17.1 Å². The van der Waals surface area contributed by atoms with Gasteiger partial charge in [0.25, 0.3) is 11.8 Å². The van der Waals surface area contributed by atoms with Gasteiger partial charge in [-0.3, -0.25) is 14.9 Å². The third-order valence-corrected chi connectivity index (χ3v) is 4.63. The summed E-state index contributed by atoms with van der Waals surface area (Å²) in [6.45, 7) is 5.49. The SMILES string of the molecule is CCN(CC)c1ccc(/C=C2\C(=O)NC(=O)N(c3ccc(F)cc3)C2=O)c(O)c1. The van der Waals surface area contributed by atoms with E-state index >= 15 is 0 Å². The van der Waals surface area contributed by atoms with Crippen LogP contribution in [0.4, 0.5) is 20.6 Å². The van der Waals surface area contributed by atoms with E-state index in [4.69, 9.17) is 0 Å². The van der Waals surface area contributed by atoms with Crippen LogP contribution < -0.4 is 15.1 Å². The van der Waals surface area contributed by atoms with E-state index in [0.29, 0.717) is 0 Å². The molecule has 7 nitrogen and oxygen atoms in total. The van der Waals surface area contributed by atoms with E-state index in [-0.39, 0.29) is 22.6 Å². The zero-order valence-corrected chi connectivity index (χ0v) is 16.0. The molecule has 1 saturated heterocycles. The Morgan fingerprint density at radius 3 is 2.31 bits per heavy atom. The van der Waals surface area contributed by atoms with Crippen LogP contribution >= 0.6 is 0 Å². The van der Waals surface area contributed by atoms with Gasteiger partial charge in [0, 0.05) is 30.4 Å². The lowest BCUT2D eigenvalue weighted by Gasteiger charge is -2.26. The van der Waals surface area contributed by atoms with Crippen molar-refractivity contribution in [2.75, 3.05) is 22.9 Å². The molecular formula is C21H20FN3O4. The summed E-state index contributed by atoms with van der Waals surface area (Å²) in [7, 11) is 0. The molecule has 3 rings (SSSR count). The first-order valence-electron chi connectivity index (χ1n) is 9.10. The van der Waals surface area contributed by atoms with Gasteiger partial charge in [-0.2, -0.15) is 0 Å². The Hall–Kier alpha value is -3.68. The van der Waals surface area contributed by atoms with Crippen molar-refractivity contribution in [2.45, 2.75) is 13.8 Å². The summed E-state index contributed by atoms with van der Waals surface area (Å²) in [5, 5.41) is 12.4. The molecule has 0 aromatic heterocycles. The number of phenols is 1. The number of anilines is 2. The monoisotopic (exact) mass is 397 g/mol. The van der Waals surface area contributed by atoms with Crippen molar-refractivity contribution in [3.63, 3.8) is 0 Å². The van der Waals surface area contributed by atoms with Crippen LogP contribution in [0.25, 0.3) is 6.08 Å². The predicted molar refractivity (Wildman–Crippen MR) is 107 cm³/mol. The van der Waals surface area contributed by atoms with Gasteiger partial charge in [-0.1, -0.05) is 0 Å². The fourth-order valence-electron chi connectivity index (χ4n) is 3.08. The highest BCUT2D eigenvalue weighted by Crippen LogP contribution is 2.28. The maximum Gasteiger partial charge on any atom is 0.335 e. The predicted octanol–water partition coefficient (Wildman–Crippen LogP) is 3.04. The third-order valence-electron chi connectivity index (χ3n) is 4.63. The molecule has 2 N–H and O–H groups in total. The number of nitrogens with one attached hydrogen (secondary N) is 1. The second-order valence-corrected chi connectivity index (χ2v) is 6.35. The quantitative estimate of drug-likeness (QED) is 0.598. The molecule has 0 aliphatic carbocycles. The fraction of sp³-hybridized carbons (Fsp3) is 0.190. The molecule has 0 bridgehead atoms. The van der Waals surface area contributed by atoms with Crippen LogP contribution in [0.2, 0.25) is 0 Å². The number of nitrogens with zero attached hydrogens (tertiary/aromatic N) is 2. The summed E-state index contributed by atoms with van der Waals surface area (Å²) >= 11 is 0. The van der Waals surface area contributed by atoms with Crippen molar-refractivity contribution < 1.29 is 23.9 Å². The molecule has 1 heterocycles. The van der Waals surface area contributed by atoms with Gasteiger partial charge in [-0.05, 0) is 56.3 Å². The average molecular weight is 397 g/mol. The van der Waals surface area contributed by atoms with E-state index < -0.39 is 23.7 Å². The highest BCUT2D eigenvalue weighted by atomic mass is 19.1. The van der Waals surface area contributed by atoms with Crippen LogP contribution in [0.15, 0.2) is 48.0 Å². The van der Waals surface area contributed by atoms with E-state index in [9.17, 15) is 23.9 Å². The van der Waals surface area contributed by atoms with Gasteiger partial charge in [0.15, 0.2) is 0 Å². The number of phenolic OH excluding ortho intramolecular Hbond substituents is 1. The van der Waals surface area contributed by atoms with Crippen molar-refractivity contribution in [1.29, 1.82) is 0 Å².